The molecule has 1 N–H and O–H groups in total. The van der Waals surface area contributed by atoms with Gasteiger partial charge < -0.3 is 5.32 Å². The van der Waals surface area contributed by atoms with Crippen LogP contribution in [0.5, 0.6) is 0 Å². The van der Waals surface area contributed by atoms with Crippen LogP contribution in [0.1, 0.15) is 12.1 Å². The molecule has 1 aliphatic rings. The fourth-order valence-electron chi connectivity index (χ4n) is 1.22. The van der Waals surface area contributed by atoms with Crippen LogP contribution < -0.4 is 5.32 Å². The van der Waals surface area contributed by atoms with E-state index >= 15 is 0 Å². The Bertz CT molecular complexity index is 196. The lowest BCUT2D eigenvalue weighted by Gasteiger charge is -1.98. The highest BCUT2D eigenvalue weighted by atomic mass is 15.3. The smallest absolute Gasteiger partial charge is 0.113 e. The second kappa shape index (κ2) is 2.42. The van der Waals surface area contributed by atoms with E-state index in [2.05, 4.69) is 16.6 Å². The highest BCUT2D eigenvalue weighted by molar-refractivity contribution is 4.99. The number of hydrogen-bond donors (Lipinski definition) is 1. The van der Waals surface area contributed by atoms with Crippen molar-refractivity contribution in [2.75, 3.05) is 6.54 Å². The monoisotopic (exact) mass is 136 g/mol. The molecule has 0 aromatic carbocycles. The lowest BCUT2D eigenvalue weighted by atomic mass is 10.4. The van der Waals surface area contributed by atoms with Crippen molar-refractivity contribution in [3.05, 3.63) is 18.0 Å². The van der Waals surface area contributed by atoms with Gasteiger partial charge in [-0.15, -0.1) is 0 Å². The molecule has 0 amide bonds. The summed E-state index contributed by atoms with van der Waals surface area (Å²) in [5.74, 6) is 0. The van der Waals surface area contributed by atoms with Gasteiger partial charge in [-0.1, -0.05) is 0 Å². The molecule has 10 heavy (non-hydrogen) atoms. The Balaban J connectivity index is 2.28. The van der Waals surface area contributed by atoms with E-state index in [1.807, 2.05) is 10.7 Å². The fourth-order valence-corrected chi connectivity index (χ4v) is 1.22. The Labute approximate surface area is 60.0 Å². The van der Waals surface area contributed by atoms with Crippen molar-refractivity contribution in [2.45, 2.75) is 19.5 Å². The maximum atomic E-state index is 4.07. The van der Waals surface area contributed by atoms with Crippen LogP contribution in [0.4, 0.5) is 0 Å². The number of nitrogens with one attached hydrogen (secondary N) is 1. The Morgan fingerprint density at radius 2 is 2.70 bits per heavy atom. The van der Waals surface area contributed by atoms with Gasteiger partial charge in [0.25, 0.3) is 0 Å². The van der Waals surface area contributed by atoms with Crippen molar-refractivity contribution in [3.63, 3.8) is 0 Å². The van der Waals surface area contributed by atoms with E-state index in [1.54, 1.807) is 0 Å². The summed E-state index contributed by atoms with van der Waals surface area (Å²) in [6, 6.07) is 1.94. The maximum absolute atomic E-state index is 4.07. The minimum Gasteiger partial charge on any atom is -0.311 e. The third-order valence-corrected chi connectivity index (χ3v) is 1.77. The van der Waals surface area contributed by atoms with E-state index in [0.29, 0.717) is 0 Å². The first-order valence-corrected chi connectivity index (χ1v) is 3.60. The Hall–Kier alpha value is -0.830. The van der Waals surface area contributed by atoms with E-state index in [0.717, 1.165) is 19.6 Å². The summed E-state index contributed by atoms with van der Waals surface area (Å²) in [4.78, 5) is 0. The molecule has 1 aromatic rings. The van der Waals surface area contributed by atoms with Gasteiger partial charge in [0.15, 0.2) is 0 Å². The number of aromatic nitrogens is 2. The van der Waals surface area contributed by atoms with Gasteiger partial charge in [-0.05, 0) is 19.0 Å². The molecule has 53 valence electrons. The molecule has 0 spiro atoms. The van der Waals surface area contributed by atoms with E-state index in [-0.39, 0.29) is 0 Å². The summed E-state index contributed by atoms with van der Waals surface area (Å²) in [5.41, 5.74) is 1.25. The largest absolute Gasteiger partial charge is 0.311 e. The molecule has 3 nitrogen and oxygen atoms in total. The number of aryl methyl sites for hydroxylation is 1. The average molecular weight is 136 g/mol. The first-order chi connectivity index (χ1) is 4.97. The predicted molar refractivity (Wildman–Crippen MR) is 37.4 cm³/mol. The van der Waals surface area contributed by atoms with E-state index in [1.165, 1.54) is 12.1 Å². The number of hydrogen-bond acceptors (Lipinski definition) is 2. The van der Waals surface area contributed by atoms with Gasteiger partial charge in [0.1, 0.15) is 6.20 Å². The normalized spacial score (nSPS) is 18.0. The topological polar surface area (TPSA) is 29.9 Å². The zero-order chi connectivity index (χ0) is 6.81. The first kappa shape index (κ1) is 5.92. The molecule has 3 heteroatoms. The lowest BCUT2D eigenvalue weighted by molar-refractivity contribution is 0.586. The SMILES string of the molecule is [c]1cc2n(n1)CCCNC2. The fraction of sp³-hybridized carbons (Fsp3) is 0.571. The molecular formula is C7H10N3. The standard InChI is InChI=1S/C7H10N3/c1-3-8-6-7-2-4-9-10(7)5-1/h2,8H,1,3,5-6H2. The first-order valence-electron chi connectivity index (χ1n) is 3.60. The third kappa shape index (κ3) is 0.926. The van der Waals surface area contributed by atoms with Crippen molar-refractivity contribution >= 4 is 0 Å². The zero-order valence-corrected chi connectivity index (χ0v) is 5.80. The average Bonchev–Trinajstić information content (AvgIpc) is 2.28. The molecule has 1 radical (unpaired) electrons. The Morgan fingerprint density at radius 3 is 3.70 bits per heavy atom. The molecule has 1 aliphatic heterocycles. The highest BCUT2D eigenvalue weighted by Crippen LogP contribution is 2.02. The molecule has 0 unspecified atom stereocenters. The summed E-state index contributed by atoms with van der Waals surface area (Å²) in [6.07, 6.45) is 4.01. The highest BCUT2D eigenvalue weighted by Gasteiger charge is 2.04. The molecule has 0 saturated carbocycles. The van der Waals surface area contributed by atoms with Gasteiger partial charge in [0.2, 0.25) is 0 Å². The van der Waals surface area contributed by atoms with Crippen molar-refractivity contribution in [1.82, 2.24) is 15.1 Å². The molecular weight excluding hydrogens is 126 g/mol. The van der Waals surface area contributed by atoms with Gasteiger partial charge in [-0.25, -0.2) is 0 Å². The summed E-state index contributed by atoms with van der Waals surface area (Å²) < 4.78 is 2.01. The molecule has 0 aliphatic carbocycles. The second-order valence-corrected chi connectivity index (χ2v) is 2.52. The Morgan fingerprint density at radius 1 is 1.70 bits per heavy atom. The lowest BCUT2D eigenvalue weighted by Crippen LogP contribution is -2.11. The maximum Gasteiger partial charge on any atom is 0.113 e. The van der Waals surface area contributed by atoms with Crippen LogP contribution >= 0.6 is 0 Å². The van der Waals surface area contributed by atoms with Crippen LogP contribution in [0.3, 0.4) is 0 Å². The van der Waals surface area contributed by atoms with Crippen molar-refractivity contribution < 1.29 is 0 Å². The summed E-state index contributed by atoms with van der Waals surface area (Å²) >= 11 is 0. The van der Waals surface area contributed by atoms with Crippen LogP contribution in [-0.2, 0) is 13.1 Å². The number of fused-ring (bicyclic) bond motifs is 1. The van der Waals surface area contributed by atoms with Gasteiger partial charge in [-0.3, -0.25) is 4.68 Å². The third-order valence-electron chi connectivity index (χ3n) is 1.77. The van der Waals surface area contributed by atoms with Crippen molar-refractivity contribution in [1.29, 1.82) is 0 Å². The second-order valence-electron chi connectivity index (χ2n) is 2.52. The molecule has 0 fully saturated rings. The predicted octanol–water partition coefficient (Wildman–Crippen LogP) is 0.177. The number of nitrogens with zero attached hydrogens (tertiary/aromatic N) is 2. The van der Waals surface area contributed by atoms with E-state index in [4.69, 9.17) is 0 Å². The van der Waals surface area contributed by atoms with Crippen LogP contribution in [0.15, 0.2) is 6.07 Å². The van der Waals surface area contributed by atoms with Gasteiger partial charge >= 0.3 is 0 Å². The molecule has 2 heterocycles. The number of rotatable bonds is 0. The van der Waals surface area contributed by atoms with Crippen molar-refractivity contribution in [2.24, 2.45) is 0 Å². The van der Waals surface area contributed by atoms with Crippen molar-refractivity contribution in [3.8, 4) is 0 Å². The molecule has 0 atom stereocenters. The summed E-state index contributed by atoms with van der Waals surface area (Å²) in [7, 11) is 0. The van der Waals surface area contributed by atoms with E-state index < -0.39 is 0 Å². The quantitative estimate of drug-likeness (QED) is 0.551. The van der Waals surface area contributed by atoms with Gasteiger partial charge in [-0.2, -0.15) is 5.10 Å². The molecule has 1 aromatic heterocycles. The summed E-state index contributed by atoms with van der Waals surface area (Å²) in [5, 5.41) is 7.38. The van der Waals surface area contributed by atoms with Gasteiger partial charge in [0, 0.05) is 13.1 Å². The molecule has 2 rings (SSSR count). The van der Waals surface area contributed by atoms with Crippen LogP contribution in [0, 0.1) is 6.20 Å². The minimum absolute atomic E-state index is 0.941. The molecule has 0 saturated heterocycles. The molecule has 0 bridgehead atoms. The van der Waals surface area contributed by atoms with E-state index in [9.17, 15) is 0 Å². The minimum atomic E-state index is 0.941. The van der Waals surface area contributed by atoms with Crippen LogP contribution in [0.2, 0.25) is 0 Å². The van der Waals surface area contributed by atoms with Crippen LogP contribution in [0.25, 0.3) is 0 Å². The van der Waals surface area contributed by atoms with Gasteiger partial charge in [0.05, 0.1) is 5.69 Å². The zero-order valence-electron chi connectivity index (χ0n) is 5.80. The summed E-state index contributed by atoms with van der Waals surface area (Å²) in [6.45, 7) is 3.08. The van der Waals surface area contributed by atoms with Crippen LogP contribution in [-0.4, -0.2) is 16.3 Å². The Kier molecular flexibility index (Phi) is 1.43.